The molecule has 1 aliphatic heterocycles. The van der Waals surface area contributed by atoms with Gasteiger partial charge in [0.05, 0.1) is 12.0 Å². The Kier molecular flexibility index (Phi) is 3.36. The van der Waals surface area contributed by atoms with Crippen molar-refractivity contribution in [1.29, 1.82) is 0 Å². The Hall–Kier alpha value is -0.740. The topological polar surface area (TPSA) is 59.3 Å². The summed E-state index contributed by atoms with van der Waals surface area (Å²) in [5, 5.41) is 0. The molecular formula is C11H17N2O3P. The molecule has 2 heterocycles. The number of hydrogen-bond donors (Lipinski definition) is 0. The predicted molar refractivity (Wildman–Crippen MR) is 65.0 cm³/mol. The lowest BCUT2D eigenvalue weighted by atomic mass is 9.97. The van der Waals surface area contributed by atoms with Crippen molar-refractivity contribution in [1.82, 2.24) is 9.55 Å². The Bertz CT molecular complexity index is 393. The molecule has 1 aromatic rings. The Morgan fingerprint density at radius 2 is 2.18 bits per heavy atom. The van der Waals surface area contributed by atoms with E-state index in [4.69, 9.17) is 9.05 Å². The summed E-state index contributed by atoms with van der Waals surface area (Å²) >= 11 is 0. The van der Waals surface area contributed by atoms with Crippen LogP contribution < -0.4 is 4.89 Å². The summed E-state index contributed by atoms with van der Waals surface area (Å²) in [6.07, 6.45) is 5.21. The number of nitrogens with zero attached hydrogens (tertiary/aromatic N) is 2. The van der Waals surface area contributed by atoms with Crippen LogP contribution in [0, 0.1) is 5.41 Å². The first-order valence-corrected chi connectivity index (χ1v) is 7.17. The van der Waals surface area contributed by atoms with Gasteiger partial charge in [-0.2, -0.15) is 0 Å². The van der Waals surface area contributed by atoms with Gasteiger partial charge in [-0.25, -0.2) is 14.0 Å². The third kappa shape index (κ3) is 3.13. The first-order chi connectivity index (χ1) is 7.90. The number of hydrogen-bond acceptors (Lipinski definition) is 4. The highest BCUT2D eigenvalue weighted by Crippen LogP contribution is 2.58. The van der Waals surface area contributed by atoms with Crippen molar-refractivity contribution >= 4 is 13.6 Å². The number of allylic oxidation sites excluding steroid dienone is 1. The molecule has 0 bridgehead atoms. The molecule has 5 nitrogen and oxygen atoms in total. The van der Waals surface area contributed by atoms with Gasteiger partial charge in [-0.15, -0.1) is 0 Å². The minimum atomic E-state index is -3.04. The molecule has 1 saturated heterocycles. The van der Waals surface area contributed by atoms with Crippen molar-refractivity contribution in [3.05, 3.63) is 25.3 Å². The molecule has 0 N–H and O–H groups in total. The molecule has 0 amide bonds. The summed E-state index contributed by atoms with van der Waals surface area (Å²) in [4.78, 5) is 16.2. The second kappa shape index (κ2) is 4.50. The molecule has 1 aromatic heterocycles. The van der Waals surface area contributed by atoms with Crippen LogP contribution in [0.2, 0.25) is 0 Å². The van der Waals surface area contributed by atoms with Gasteiger partial charge in [-0.1, -0.05) is 20.4 Å². The van der Waals surface area contributed by atoms with Crippen molar-refractivity contribution in [2.75, 3.05) is 19.4 Å². The molecule has 0 unspecified atom stereocenters. The average Bonchev–Trinajstić information content (AvgIpc) is 2.77. The SMILES string of the molecule is C=C(C[P+]1([O-])OCC(C)(C)CO1)n1ccnc1. The smallest absolute Gasteiger partial charge is 0.243 e. The van der Waals surface area contributed by atoms with Gasteiger partial charge >= 0.3 is 0 Å². The molecule has 1 aliphatic rings. The molecule has 94 valence electrons. The van der Waals surface area contributed by atoms with E-state index in [9.17, 15) is 4.89 Å². The maximum absolute atomic E-state index is 12.3. The molecule has 0 atom stereocenters. The Morgan fingerprint density at radius 1 is 1.53 bits per heavy atom. The lowest BCUT2D eigenvalue weighted by molar-refractivity contribution is -0.232. The summed E-state index contributed by atoms with van der Waals surface area (Å²) < 4.78 is 12.5. The van der Waals surface area contributed by atoms with Crippen LogP contribution in [0.15, 0.2) is 25.3 Å². The third-order valence-corrected chi connectivity index (χ3v) is 4.35. The van der Waals surface area contributed by atoms with Gasteiger partial charge in [-0.05, 0) is 0 Å². The van der Waals surface area contributed by atoms with Gasteiger partial charge in [0.1, 0.15) is 19.4 Å². The number of rotatable bonds is 3. The van der Waals surface area contributed by atoms with Crippen LogP contribution in [0.3, 0.4) is 0 Å². The molecule has 0 saturated carbocycles. The summed E-state index contributed by atoms with van der Waals surface area (Å²) in [5.41, 5.74) is 0.579. The van der Waals surface area contributed by atoms with Crippen LogP contribution in [0.25, 0.3) is 5.70 Å². The Labute approximate surface area is 102 Å². The van der Waals surface area contributed by atoms with Gasteiger partial charge < -0.3 is 9.46 Å². The van der Waals surface area contributed by atoms with Crippen LogP contribution in [0.4, 0.5) is 0 Å². The van der Waals surface area contributed by atoms with Crippen LogP contribution >= 0.6 is 7.94 Å². The summed E-state index contributed by atoms with van der Waals surface area (Å²) in [5.74, 6) is 0. The highest BCUT2D eigenvalue weighted by molar-refractivity contribution is 7.59. The minimum Gasteiger partial charge on any atom is -0.631 e. The quantitative estimate of drug-likeness (QED) is 0.770. The van der Waals surface area contributed by atoms with E-state index < -0.39 is 7.94 Å². The van der Waals surface area contributed by atoms with E-state index in [-0.39, 0.29) is 11.6 Å². The van der Waals surface area contributed by atoms with E-state index in [1.807, 2.05) is 13.8 Å². The predicted octanol–water partition coefficient (Wildman–Crippen LogP) is 1.55. The summed E-state index contributed by atoms with van der Waals surface area (Å²) in [6.45, 7) is 8.79. The van der Waals surface area contributed by atoms with Crippen molar-refractivity contribution < 1.29 is 13.9 Å². The molecule has 17 heavy (non-hydrogen) atoms. The molecule has 2 rings (SSSR count). The van der Waals surface area contributed by atoms with Crippen molar-refractivity contribution in [3.8, 4) is 0 Å². The van der Waals surface area contributed by atoms with Gasteiger partial charge in [-0.3, -0.25) is 0 Å². The van der Waals surface area contributed by atoms with Crippen LogP contribution in [-0.2, 0) is 9.05 Å². The third-order valence-electron chi connectivity index (χ3n) is 2.55. The zero-order valence-corrected chi connectivity index (χ0v) is 11.0. The van der Waals surface area contributed by atoms with E-state index in [1.54, 1.807) is 23.3 Å². The molecule has 0 spiro atoms. The first kappa shape index (κ1) is 12.7. The normalized spacial score (nSPS) is 22.3. The zero-order chi connectivity index (χ0) is 12.5. The van der Waals surface area contributed by atoms with E-state index in [0.29, 0.717) is 18.9 Å². The molecular weight excluding hydrogens is 239 g/mol. The second-order valence-corrected chi connectivity index (χ2v) is 7.07. The van der Waals surface area contributed by atoms with E-state index in [2.05, 4.69) is 11.6 Å². The maximum Gasteiger partial charge on any atom is 0.243 e. The van der Waals surface area contributed by atoms with Gasteiger partial charge in [0.25, 0.3) is 0 Å². The standard InChI is InChI=1S/C11H17N2O3P/c1-10(13-5-4-12-9-13)6-17(14)15-7-11(2,3)8-16-17/h4-5,9H,1,6-8H2,2-3H3. The van der Waals surface area contributed by atoms with E-state index in [1.165, 1.54) is 0 Å². The lowest BCUT2D eigenvalue weighted by Crippen LogP contribution is -2.36. The van der Waals surface area contributed by atoms with Crippen LogP contribution in [0.1, 0.15) is 13.8 Å². The molecule has 1 fully saturated rings. The van der Waals surface area contributed by atoms with Crippen LogP contribution in [0.5, 0.6) is 0 Å². The molecule has 0 radical (unpaired) electrons. The fourth-order valence-electron chi connectivity index (χ4n) is 1.47. The van der Waals surface area contributed by atoms with Gasteiger partial charge in [0.15, 0.2) is 0 Å². The zero-order valence-electron chi connectivity index (χ0n) is 10.1. The molecule has 6 heteroatoms. The van der Waals surface area contributed by atoms with E-state index >= 15 is 0 Å². The Balaban J connectivity index is 1.97. The lowest BCUT2D eigenvalue weighted by Gasteiger charge is -2.38. The minimum absolute atomic E-state index is 0.0791. The van der Waals surface area contributed by atoms with Gasteiger partial charge in [0, 0.05) is 17.8 Å². The monoisotopic (exact) mass is 256 g/mol. The fraction of sp³-hybridized carbons (Fsp3) is 0.545. The summed E-state index contributed by atoms with van der Waals surface area (Å²) in [7, 11) is -3.04. The first-order valence-electron chi connectivity index (χ1n) is 5.45. The summed E-state index contributed by atoms with van der Waals surface area (Å²) in [6, 6.07) is 0. The largest absolute Gasteiger partial charge is 0.631 e. The number of imidazole rings is 1. The molecule has 0 aliphatic carbocycles. The molecule has 0 aromatic carbocycles. The number of aromatic nitrogens is 2. The highest BCUT2D eigenvalue weighted by Gasteiger charge is 2.41. The van der Waals surface area contributed by atoms with Gasteiger partial charge in [0.2, 0.25) is 7.94 Å². The highest BCUT2D eigenvalue weighted by atomic mass is 31.2. The fourth-order valence-corrected chi connectivity index (χ4v) is 3.43. The average molecular weight is 256 g/mol. The second-order valence-electron chi connectivity index (χ2n) is 5.02. The van der Waals surface area contributed by atoms with Crippen molar-refractivity contribution in [2.24, 2.45) is 5.41 Å². The maximum atomic E-state index is 12.3. The van der Waals surface area contributed by atoms with Crippen LogP contribution in [-0.4, -0.2) is 28.9 Å². The van der Waals surface area contributed by atoms with Crippen molar-refractivity contribution in [2.45, 2.75) is 13.8 Å². The Morgan fingerprint density at radius 3 is 2.71 bits per heavy atom. The van der Waals surface area contributed by atoms with Crippen molar-refractivity contribution in [3.63, 3.8) is 0 Å². The van der Waals surface area contributed by atoms with E-state index in [0.717, 1.165) is 0 Å².